The predicted octanol–water partition coefficient (Wildman–Crippen LogP) is 3.16. The molecule has 142 valence electrons. The largest absolute Gasteiger partial charge is 0.482 e. The molecule has 0 saturated carbocycles. The number of aryl methyl sites for hydroxylation is 1. The summed E-state index contributed by atoms with van der Waals surface area (Å²) < 4.78 is 5.50. The van der Waals surface area contributed by atoms with Gasteiger partial charge in [0, 0.05) is 31.9 Å². The molecule has 0 unspecified atom stereocenters. The summed E-state index contributed by atoms with van der Waals surface area (Å²) in [7, 11) is 0. The maximum absolute atomic E-state index is 11.3. The summed E-state index contributed by atoms with van der Waals surface area (Å²) in [5.41, 5.74) is 3.40. The monoisotopic (exact) mass is 365 g/mol. The topological polar surface area (TPSA) is 44.8 Å². The fourth-order valence-corrected chi connectivity index (χ4v) is 3.81. The average Bonchev–Trinajstić information content (AvgIpc) is 2.72. The molecular formula is C22H27N3O2. The van der Waals surface area contributed by atoms with Gasteiger partial charge in [0.1, 0.15) is 5.75 Å². The van der Waals surface area contributed by atoms with E-state index < -0.39 is 0 Å². The standard InChI is InChI=1S/C22H27N3O2/c26-22-17-27-21-16-18(9-10-20(21)23-22)6-4-5-11-24-12-14-25(15-13-24)19-7-2-1-3-8-19/h1-3,7-10,16H,4-6,11-15,17H2,(H,23,26). The van der Waals surface area contributed by atoms with E-state index in [1.807, 2.05) is 6.07 Å². The number of ether oxygens (including phenoxy) is 1. The first-order chi connectivity index (χ1) is 13.3. The van der Waals surface area contributed by atoms with Crippen LogP contribution in [0.25, 0.3) is 0 Å². The highest BCUT2D eigenvalue weighted by Crippen LogP contribution is 2.29. The predicted molar refractivity (Wildman–Crippen MR) is 109 cm³/mol. The first-order valence-corrected chi connectivity index (χ1v) is 9.86. The number of fused-ring (bicyclic) bond motifs is 1. The lowest BCUT2D eigenvalue weighted by atomic mass is 10.1. The molecular weight excluding hydrogens is 338 g/mol. The minimum absolute atomic E-state index is 0.0809. The van der Waals surface area contributed by atoms with Gasteiger partial charge in [-0.05, 0) is 55.6 Å². The van der Waals surface area contributed by atoms with Gasteiger partial charge in [0.2, 0.25) is 0 Å². The SMILES string of the molecule is O=C1COc2cc(CCCCN3CCN(c4ccccc4)CC3)ccc2N1. The Balaban J connectivity index is 1.17. The summed E-state index contributed by atoms with van der Waals surface area (Å²) >= 11 is 0. The Kier molecular flexibility index (Phi) is 5.58. The summed E-state index contributed by atoms with van der Waals surface area (Å²) in [5, 5.41) is 2.84. The van der Waals surface area contributed by atoms with Gasteiger partial charge < -0.3 is 15.0 Å². The van der Waals surface area contributed by atoms with E-state index in [4.69, 9.17) is 4.74 Å². The molecule has 27 heavy (non-hydrogen) atoms. The van der Waals surface area contributed by atoms with Crippen LogP contribution in [0.5, 0.6) is 5.75 Å². The van der Waals surface area contributed by atoms with Crippen LogP contribution >= 0.6 is 0 Å². The summed E-state index contributed by atoms with van der Waals surface area (Å²) in [5.74, 6) is 0.715. The first kappa shape index (κ1) is 17.9. The molecule has 1 saturated heterocycles. The lowest BCUT2D eigenvalue weighted by molar-refractivity contribution is -0.118. The molecule has 0 radical (unpaired) electrons. The van der Waals surface area contributed by atoms with Gasteiger partial charge in [-0.1, -0.05) is 24.3 Å². The van der Waals surface area contributed by atoms with E-state index >= 15 is 0 Å². The number of carbonyl (C=O) groups is 1. The third-order valence-electron chi connectivity index (χ3n) is 5.36. The minimum Gasteiger partial charge on any atom is -0.482 e. The van der Waals surface area contributed by atoms with E-state index in [2.05, 4.69) is 57.6 Å². The molecule has 0 bridgehead atoms. The van der Waals surface area contributed by atoms with Gasteiger partial charge in [-0.25, -0.2) is 0 Å². The average molecular weight is 365 g/mol. The van der Waals surface area contributed by atoms with Gasteiger partial charge in [0.05, 0.1) is 5.69 Å². The van der Waals surface area contributed by atoms with Crippen LogP contribution in [0.4, 0.5) is 11.4 Å². The number of hydrogen-bond donors (Lipinski definition) is 1. The molecule has 0 aliphatic carbocycles. The summed E-state index contributed by atoms with van der Waals surface area (Å²) in [4.78, 5) is 16.4. The number of nitrogens with one attached hydrogen (secondary N) is 1. The number of hydrogen-bond acceptors (Lipinski definition) is 4. The van der Waals surface area contributed by atoms with Crippen LogP contribution in [-0.4, -0.2) is 50.1 Å². The lowest BCUT2D eigenvalue weighted by Crippen LogP contribution is -2.46. The molecule has 2 aromatic carbocycles. The number of nitrogens with zero attached hydrogens (tertiary/aromatic N) is 2. The maximum Gasteiger partial charge on any atom is 0.262 e. The Labute approximate surface area is 160 Å². The van der Waals surface area contributed by atoms with Crippen molar-refractivity contribution in [3.05, 3.63) is 54.1 Å². The van der Waals surface area contributed by atoms with E-state index in [1.54, 1.807) is 0 Å². The molecule has 2 heterocycles. The molecule has 1 fully saturated rings. The van der Waals surface area contributed by atoms with Crippen molar-refractivity contribution in [1.29, 1.82) is 0 Å². The van der Waals surface area contributed by atoms with Crippen LogP contribution in [-0.2, 0) is 11.2 Å². The minimum atomic E-state index is -0.0809. The number of benzene rings is 2. The summed E-state index contributed by atoms with van der Waals surface area (Å²) in [6.07, 6.45) is 3.43. The van der Waals surface area contributed by atoms with Crippen molar-refractivity contribution in [2.75, 3.05) is 49.5 Å². The third kappa shape index (κ3) is 4.61. The molecule has 2 aliphatic rings. The maximum atomic E-state index is 11.3. The molecule has 2 aromatic rings. The second-order valence-corrected chi connectivity index (χ2v) is 7.29. The quantitative estimate of drug-likeness (QED) is 0.799. The van der Waals surface area contributed by atoms with Crippen LogP contribution in [0, 0.1) is 0 Å². The number of carbonyl (C=O) groups excluding carboxylic acids is 1. The van der Waals surface area contributed by atoms with Crippen molar-refractivity contribution < 1.29 is 9.53 Å². The summed E-state index contributed by atoms with van der Waals surface area (Å²) in [6, 6.07) is 16.8. The molecule has 1 N–H and O–H groups in total. The Morgan fingerprint density at radius 3 is 2.59 bits per heavy atom. The molecule has 4 rings (SSSR count). The van der Waals surface area contributed by atoms with Gasteiger partial charge in [-0.15, -0.1) is 0 Å². The van der Waals surface area contributed by atoms with Crippen LogP contribution < -0.4 is 15.0 Å². The highest BCUT2D eigenvalue weighted by molar-refractivity contribution is 5.95. The lowest BCUT2D eigenvalue weighted by Gasteiger charge is -2.36. The van der Waals surface area contributed by atoms with Crippen molar-refractivity contribution in [3.8, 4) is 5.75 Å². The van der Waals surface area contributed by atoms with E-state index in [0.29, 0.717) is 0 Å². The zero-order chi connectivity index (χ0) is 18.5. The first-order valence-electron chi connectivity index (χ1n) is 9.86. The molecule has 5 heteroatoms. The van der Waals surface area contributed by atoms with Gasteiger partial charge in [0.15, 0.2) is 6.61 Å². The molecule has 0 atom stereocenters. The van der Waals surface area contributed by atoms with Gasteiger partial charge in [-0.3, -0.25) is 9.69 Å². The second kappa shape index (κ2) is 8.44. The number of amides is 1. The van der Waals surface area contributed by atoms with Crippen molar-refractivity contribution in [2.45, 2.75) is 19.3 Å². The molecule has 0 aromatic heterocycles. The van der Waals surface area contributed by atoms with Gasteiger partial charge >= 0.3 is 0 Å². The third-order valence-corrected chi connectivity index (χ3v) is 5.36. The number of rotatable bonds is 6. The number of anilines is 2. The molecule has 0 spiro atoms. The highest BCUT2D eigenvalue weighted by atomic mass is 16.5. The van der Waals surface area contributed by atoms with Crippen molar-refractivity contribution in [2.24, 2.45) is 0 Å². The van der Waals surface area contributed by atoms with Crippen LogP contribution in [0.1, 0.15) is 18.4 Å². The zero-order valence-electron chi connectivity index (χ0n) is 15.7. The van der Waals surface area contributed by atoms with Gasteiger partial charge in [-0.2, -0.15) is 0 Å². The van der Waals surface area contributed by atoms with Crippen LogP contribution in [0.15, 0.2) is 48.5 Å². The van der Waals surface area contributed by atoms with Gasteiger partial charge in [0.25, 0.3) is 5.91 Å². The Morgan fingerprint density at radius 2 is 1.78 bits per heavy atom. The van der Waals surface area contributed by atoms with E-state index in [1.165, 1.54) is 30.6 Å². The molecule has 5 nitrogen and oxygen atoms in total. The normalized spacial score (nSPS) is 17.2. The van der Waals surface area contributed by atoms with Crippen LogP contribution in [0.3, 0.4) is 0 Å². The second-order valence-electron chi connectivity index (χ2n) is 7.29. The number of unbranched alkanes of at least 4 members (excludes halogenated alkanes) is 1. The van der Waals surface area contributed by atoms with E-state index in [9.17, 15) is 4.79 Å². The fourth-order valence-electron chi connectivity index (χ4n) is 3.81. The van der Waals surface area contributed by atoms with Crippen molar-refractivity contribution in [1.82, 2.24) is 4.90 Å². The Bertz CT molecular complexity index is 770. The van der Waals surface area contributed by atoms with Crippen LogP contribution in [0.2, 0.25) is 0 Å². The molecule has 2 aliphatic heterocycles. The summed E-state index contributed by atoms with van der Waals surface area (Å²) in [6.45, 7) is 5.78. The van der Waals surface area contributed by atoms with Crippen molar-refractivity contribution >= 4 is 17.3 Å². The Hall–Kier alpha value is -2.53. The molecule has 1 amide bonds. The Morgan fingerprint density at radius 1 is 0.963 bits per heavy atom. The smallest absolute Gasteiger partial charge is 0.262 e. The van der Waals surface area contributed by atoms with E-state index in [-0.39, 0.29) is 12.5 Å². The fraction of sp³-hybridized carbons (Fsp3) is 0.409. The van der Waals surface area contributed by atoms with Crippen molar-refractivity contribution in [3.63, 3.8) is 0 Å². The highest BCUT2D eigenvalue weighted by Gasteiger charge is 2.17. The zero-order valence-corrected chi connectivity index (χ0v) is 15.7. The number of para-hydroxylation sites is 1. The number of piperazine rings is 1. The van der Waals surface area contributed by atoms with E-state index in [0.717, 1.165) is 44.0 Å².